The van der Waals surface area contributed by atoms with Gasteiger partial charge < -0.3 is 9.84 Å². The lowest BCUT2D eigenvalue weighted by Gasteiger charge is -2.16. The highest BCUT2D eigenvalue weighted by molar-refractivity contribution is 6.30. The Morgan fingerprint density at radius 3 is 2.92 bits per heavy atom. The van der Waals surface area contributed by atoms with E-state index in [0.29, 0.717) is 16.6 Å². The van der Waals surface area contributed by atoms with E-state index in [1.54, 1.807) is 24.1 Å². The molecule has 1 aliphatic heterocycles. The third kappa shape index (κ3) is 2.39. The molecular formula is C15H14ClN5O3. The van der Waals surface area contributed by atoms with Crippen molar-refractivity contribution in [2.45, 2.75) is 12.1 Å². The zero-order chi connectivity index (χ0) is 16.8. The fourth-order valence-corrected chi connectivity index (χ4v) is 3.08. The molecule has 3 aromatic heterocycles. The molecule has 1 fully saturated rings. The van der Waals surface area contributed by atoms with Crippen molar-refractivity contribution in [3.63, 3.8) is 0 Å². The molecule has 0 aromatic carbocycles. The number of ether oxygens (including phenoxy) is 1. The van der Waals surface area contributed by atoms with Crippen molar-refractivity contribution in [3.05, 3.63) is 40.3 Å². The van der Waals surface area contributed by atoms with Crippen molar-refractivity contribution in [2.75, 3.05) is 13.2 Å². The molecule has 9 heteroatoms. The topological polar surface area (TPSA) is 95.1 Å². The minimum atomic E-state index is -0.739. The molecule has 8 nitrogen and oxygen atoms in total. The second kappa shape index (κ2) is 5.66. The molecule has 1 saturated heterocycles. The van der Waals surface area contributed by atoms with E-state index in [9.17, 15) is 9.90 Å². The molecule has 0 bridgehead atoms. The molecule has 3 aromatic rings. The van der Waals surface area contributed by atoms with Crippen LogP contribution < -0.4 is 5.56 Å². The van der Waals surface area contributed by atoms with E-state index in [4.69, 9.17) is 16.3 Å². The zero-order valence-electron chi connectivity index (χ0n) is 12.8. The number of rotatable bonds is 2. The van der Waals surface area contributed by atoms with Gasteiger partial charge in [-0.1, -0.05) is 11.6 Å². The number of hydrogen-bond acceptors (Lipinski definition) is 6. The zero-order valence-corrected chi connectivity index (χ0v) is 13.5. The van der Waals surface area contributed by atoms with Crippen LogP contribution in [-0.2, 0) is 11.8 Å². The first-order valence-corrected chi connectivity index (χ1v) is 7.74. The average molecular weight is 348 g/mol. The SMILES string of the molecule is Cn1cc(-c2nc(Cl)cc3c(=O)n([C@@H]4COC[C@@H]4O)cnc23)cn1. The van der Waals surface area contributed by atoms with E-state index in [1.165, 1.54) is 17.0 Å². The number of nitrogens with zero attached hydrogens (tertiary/aromatic N) is 5. The van der Waals surface area contributed by atoms with Crippen LogP contribution >= 0.6 is 11.6 Å². The van der Waals surface area contributed by atoms with Crippen LogP contribution in [0.4, 0.5) is 0 Å². The maximum atomic E-state index is 12.9. The second-order valence-corrected chi connectivity index (χ2v) is 6.11. The lowest BCUT2D eigenvalue weighted by Crippen LogP contribution is -2.31. The molecule has 0 spiro atoms. The van der Waals surface area contributed by atoms with E-state index in [-0.39, 0.29) is 23.9 Å². The highest BCUT2D eigenvalue weighted by Gasteiger charge is 2.29. The quantitative estimate of drug-likeness (QED) is 0.688. The summed E-state index contributed by atoms with van der Waals surface area (Å²) in [6.07, 6.45) is 4.10. The van der Waals surface area contributed by atoms with Gasteiger partial charge in [0.15, 0.2) is 0 Å². The Hall–Kier alpha value is -2.29. The molecule has 1 N–H and O–H groups in total. The van der Waals surface area contributed by atoms with Crippen LogP contribution in [-0.4, -0.2) is 48.7 Å². The monoisotopic (exact) mass is 347 g/mol. The van der Waals surface area contributed by atoms with Gasteiger partial charge in [0.05, 0.1) is 37.2 Å². The molecule has 0 amide bonds. The summed E-state index contributed by atoms with van der Waals surface area (Å²) >= 11 is 6.10. The molecular weight excluding hydrogens is 334 g/mol. The third-order valence-corrected chi connectivity index (χ3v) is 4.29. The normalized spacial score (nSPS) is 20.8. The van der Waals surface area contributed by atoms with Crippen molar-refractivity contribution in [3.8, 4) is 11.3 Å². The fourth-order valence-electron chi connectivity index (χ4n) is 2.89. The van der Waals surface area contributed by atoms with Crippen LogP contribution in [0.15, 0.2) is 29.6 Å². The Bertz CT molecular complexity index is 983. The van der Waals surface area contributed by atoms with Gasteiger partial charge in [-0.05, 0) is 6.07 Å². The van der Waals surface area contributed by atoms with E-state index < -0.39 is 12.1 Å². The van der Waals surface area contributed by atoms with E-state index in [0.717, 1.165) is 5.56 Å². The number of pyridine rings is 1. The predicted molar refractivity (Wildman–Crippen MR) is 86.9 cm³/mol. The van der Waals surface area contributed by atoms with Gasteiger partial charge in [0, 0.05) is 18.8 Å². The average Bonchev–Trinajstić information content (AvgIpc) is 3.16. The van der Waals surface area contributed by atoms with Gasteiger partial charge in [0.1, 0.15) is 22.5 Å². The predicted octanol–water partition coefficient (Wildman–Crippen LogP) is 0.778. The molecule has 0 saturated carbocycles. The van der Waals surface area contributed by atoms with Crippen LogP contribution in [0, 0.1) is 0 Å². The summed E-state index contributed by atoms with van der Waals surface area (Å²) in [5.74, 6) is 0. The van der Waals surface area contributed by atoms with Gasteiger partial charge in [-0.3, -0.25) is 14.0 Å². The van der Waals surface area contributed by atoms with Gasteiger partial charge in [0.25, 0.3) is 5.56 Å². The maximum absolute atomic E-state index is 12.9. The van der Waals surface area contributed by atoms with Crippen molar-refractivity contribution >= 4 is 22.5 Å². The summed E-state index contributed by atoms with van der Waals surface area (Å²) in [5, 5.41) is 14.6. The number of halogens is 1. The van der Waals surface area contributed by atoms with Crippen molar-refractivity contribution < 1.29 is 9.84 Å². The summed E-state index contributed by atoms with van der Waals surface area (Å²) in [7, 11) is 1.79. The van der Waals surface area contributed by atoms with Gasteiger partial charge in [-0.25, -0.2) is 9.97 Å². The van der Waals surface area contributed by atoms with Crippen LogP contribution in [0.2, 0.25) is 5.15 Å². The highest BCUT2D eigenvalue weighted by Crippen LogP contribution is 2.26. The Labute approximate surface area is 141 Å². The van der Waals surface area contributed by atoms with E-state index in [2.05, 4.69) is 15.1 Å². The molecule has 24 heavy (non-hydrogen) atoms. The second-order valence-electron chi connectivity index (χ2n) is 5.72. The number of aliphatic hydroxyl groups is 1. The van der Waals surface area contributed by atoms with Gasteiger partial charge in [-0.2, -0.15) is 5.10 Å². The lowest BCUT2D eigenvalue weighted by atomic mass is 10.1. The summed E-state index contributed by atoms with van der Waals surface area (Å²) in [6.45, 7) is 0.468. The van der Waals surface area contributed by atoms with Crippen molar-refractivity contribution in [1.29, 1.82) is 0 Å². The Balaban J connectivity index is 1.95. The molecule has 2 atom stereocenters. The van der Waals surface area contributed by atoms with Gasteiger partial charge >= 0.3 is 0 Å². The Morgan fingerprint density at radius 2 is 2.25 bits per heavy atom. The van der Waals surface area contributed by atoms with Crippen molar-refractivity contribution in [1.82, 2.24) is 24.3 Å². The highest BCUT2D eigenvalue weighted by atomic mass is 35.5. The first kappa shape index (κ1) is 15.3. The van der Waals surface area contributed by atoms with Crippen LogP contribution in [0.5, 0.6) is 0 Å². The number of aliphatic hydroxyl groups excluding tert-OH is 1. The number of hydrogen-bond donors (Lipinski definition) is 1. The Morgan fingerprint density at radius 1 is 1.42 bits per heavy atom. The minimum Gasteiger partial charge on any atom is -0.388 e. The smallest absolute Gasteiger partial charge is 0.261 e. The summed E-state index contributed by atoms with van der Waals surface area (Å²) in [5.41, 5.74) is 1.38. The first-order chi connectivity index (χ1) is 11.5. The molecule has 124 valence electrons. The summed E-state index contributed by atoms with van der Waals surface area (Å²) in [4.78, 5) is 21.5. The largest absolute Gasteiger partial charge is 0.388 e. The van der Waals surface area contributed by atoms with Crippen LogP contribution in [0.3, 0.4) is 0 Å². The summed E-state index contributed by atoms with van der Waals surface area (Å²) in [6, 6.07) is 1.04. The van der Waals surface area contributed by atoms with E-state index in [1.807, 2.05) is 0 Å². The molecule has 0 aliphatic carbocycles. The molecule has 4 rings (SSSR count). The number of fused-ring (bicyclic) bond motifs is 1. The molecule has 4 heterocycles. The van der Waals surface area contributed by atoms with Crippen LogP contribution in [0.25, 0.3) is 22.2 Å². The summed E-state index contributed by atoms with van der Waals surface area (Å²) < 4.78 is 8.25. The lowest BCUT2D eigenvalue weighted by molar-refractivity contribution is 0.119. The maximum Gasteiger partial charge on any atom is 0.261 e. The van der Waals surface area contributed by atoms with Crippen LogP contribution in [0.1, 0.15) is 6.04 Å². The number of aromatic nitrogens is 5. The molecule has 1 aliphatic rings. The fraction of sp³-hybridized carbons (Fsp3) is 0.333. The van der Waals surface area contributed by atoms with Gasteiger partial charge in [0.2, 0.25) is 0 Å². The Kier molecular flexibility index (Phi) is 3.60. The van der Waals surface area contributed by atoms with E-state index >= 15 is 0 Å². The minimum absolute atomic E-state index is 0.196. The standard InChI is InChI=1S/C15H14ClN5O3/c1-20-4-8(3-18-20)13-14-9(2-12(16)19-13)15(23)21(7-17-14)10-5-24-6-11(10)22/h2-4,7,10-11,22H,5-6H2,1H3/t10-,11+/m1/s1. The third-order valence-electron chi connectivity index (χ3n) is 4.09. The van der Waals surface area contributed by atoms with Gasteiger partial charge in [-0.15, -0.1) is 0 Å². The van der Waals surface area contributed by atoms with Crippen molar-refractivity contribution in [2.24, 2.45) is 7.05 Å². The number of aryl methyl sites for hydroxylation is 1. The molecule has 0 unspecified atom stereocenters. The first-order valence-electron chi connectivity index (χ1n) is 7.37. The molecule has 0 radical (unpaired) electrons.